The van der Waals surface area contributed by atoms with Gasteiger partial charge < -0.3 is 4.90 Å². The lowest BCUT2D eigenvalue weighted by atomic mass is 10.0. The van der Waals surface area contributed by atoms with Crippen LogP contribution in [0.5, 0.6) is 0 Å². The topological polar surface area (TPSA) is 55.2 Å². The highest BCUT2D eigenvalue weighted by Gasteiger charge is 2.21. The molecule has 1 aliphatic rings. The average molecular weight is 333 g/mol. The van der Waals surface area contributed by atoms with E-state index in [0.29, 0.717) is 18.4 Å². The number of rotatable bonds is 3. The molecule has 1 aromatic heterocycles. The average Bonchev–Trinajstić information content (AvgIpc) is 2.67. The SMILES string of the molecule is O=C(CCn1ncc(=O)c2ccccc21)N1CCCc2ccccc21. The van der Waals surface area contributed by atoms with Crippen LogP contribution in [0.2, 0.25) is 0 Å². The minimum atomic E-state index is -0.0943. The molecule has 0 bridgehead atoms. The van der Waals surface area contributed by atoms with Crippen molar-refractivity contribution in [1.29, 1.82) is 0 Å². The summed E-state index contributed by atoms with van der Waals surface area (Å²) in [5.74, 6) is 0.0942. The molecule has 4 rings (SSSR count). The predicted molar refractivity (Wildman–Crippen MR) is 97.7 cm³/mol. The maximum atomic E-state index is 12.8. The van der Waals surface area contributed by atoms with Crippen molar-refractivity contribution in [3.63, 3.8) is 0 Å². The van der Waals surface area contributed by atoms with E-state index in [4.69, 9.17) is 0 Å². The smallest absolute Gasteiger partial charge is 0.228 e. The fraction of sp³-hybridized carbons (Fsp3) is 0.250. The minimum Gasteiger partial charge on any atom is -0.312 e. The molecular weight excluding hydrogens is 314 g/mol. The molecule has 3 aromatic rings. The number of hydrogen-bond acceptors (Lipinski definition) is 3. The maximum Gasteiger partial charge on any atom is 0.228 e. The van der Waals surface area contributed by atoms with Crippen LogP contribution >= 0.6 is 0 Å². The summed E-state index contributed by atoms with van der Waals surface area (Å²) >= 11 is 0. The molecule has 1 amide bonds. The number of aryl methyl sites for hydroxylation is 2. The summed E-state index contributed by atoms with van der Waals surface area (Å²) in [6.45, 7) is 1.21. The van der Waals surface area contributed by atoms with Crippen molar-refractivity contribution in [3.8, 4) is 0 Å². The molecule has 0 unspecified atom stereocenters. The van der Waals surface area contributed by atoms with Crippen LogP contribution in [-0.2, 0) is 17.8 Å². The van der Waals surface area contributed by atoms with E-state index in [1.807, 2.05) is 41.3 Å². The van der Waals surface area contributed by atoms with Crippen LogP contribution in [0.3, 0.4) is 0 Å². The van der Waals surface area contributed by atoms with Crippen molar-refractivity contribution >= 4 is 22.5 Å². The second-order valence-corrected chi connectivity index (χ2v) is 6.28. The van der Waals surface area contributed by atoms with Gasteiger partial charge in [0.05, 0.1) is 18.3 Å². The first-order chi connectivity index (χ1) is 12.2. The van der Waals surface area contributed by atoms with Crippen LogP contribution in [0.1, 0.15) is 18.4 Å². The van der Waals surface area contributed by atoms with Crippen LogP contribution in [0, 0.1) is 0 Å². The van der Waals surface area contributed by atoms with Gasteiger partial charge in [0, 0.05) is 24.0 Å². The lowest BCUT2D eigenvalue weighted by Gasteiger charge is -2.29. The fourth-order valence-electron chi connectivity index (χ4n) is 3.47. The Hall–Kier alpha value is -2.95. The molecule has 0 fully saturated rings. The number of anilines is 1. The summed E-state index contributed by atoms with van der Waals surface area (Å²) in [5.41, 5.74) is 2.93. The lowest BCUT2D eigenvalue weighted by Crippen LogP contribution is -2.36. The van der Waals surface area contributed by atoms with Gasteiger partial charge in [0.1, 0.15) is 0 Å². The zero-order valence-corrected chi connectivity index (χ0v) is 13.9. The number of fused-ring (bicyclic) bond motifs is 2. The minimum absolute atomic E-state index is 0.0942. The van der Waals surface area contributed by atoms with Gasteiger partial charge in [0.25, 0.3) is 0 Å². The zero-order chi connectivity index (χ0) is 17.2. The van der Waals surface area contributed by atoms with Gasteiger partial charge in [-0.3, -0.25) is 14.3 Å². The van der Waals surface area contributed by atoms with Crippen molar-refractivity contribution in [3.05, 3.63) is 70.5 Å². The quantitative estimate of drug-likeness (QED) is 0.740. The fourth-order valence-corrected chi connectivity index (χ4v) is 3.47. The Kier molecular flexibility index (Phi) is 4.06. The molecule has 5 heteroatoms. The normalized spacial score (nSPS) is 13.7. The molecule has 25 heavy (non-hydrogen) atoms. The second kappa shape index (κ2) is 6.51. The monoisotopic (exact) mass is 333 g/mol. The molecule has 0 spiro atoms. The van der Waals surface area contributed by atoms with E-state index >= 15 is 0 Å². The Morgan fingerprint density at radius 3 is 2.80 bits per heavy atom. The number of aromatic nitrogens is 2. The number of carbonyl (C=O) groups excluding carboxylic acids is 1. The zero-order valence-electron chi connectivity index (χ0n) is 13.9. The Morgan fingerprint density at radius 1 is 1.08 bits per heavy atom. The van der Waals surface area contributed by atoms with E-state index in [9.17, 15) is 9.59 Å². The van der Waals surface area contributed by atoms with Gasteiger partial charge in [-0.1, -0.05) is 30.3 Å². The van der Waals surface area contributed by atoms with Crippen LogP contribution in [0.25, 0.3) is 10.9 Å². The van der Waals surface area contributed by atoms with Crippen molar-refractivity contribution in [2.75, 3.05) is 11.4 Å². The highest BCUT2D eigenvalue weighted by Crippen LogP contribution is 2.27. The molecule has 0 saturated heterocycles. The van der Waals surface area contributed by atoms with E-state index in [2.05, 4.69) is 11.2 Å². The summed E-state index contributed by atoms with van der Waals surface area (Å²) < 4.78 is 1.74. The first-order valence-electron chi connectivity index (χ1n) is 8.57. The predicted octanol–water partition coefficient (Wildman–Crippen LogP) is 2.77. The third-order valence-electron chi connectivity index (χ3n) is 4.71. The van der Waals surface area contributed by atoms with E-state index < -0.39 is 0 Å². The molecule has 2 aromatic carbocycles. The number of benzene rings is 2. The van der Waals surface area contributed by atoms with E-state index in [1.54, 1.807) is 10.7 Å². The first-order valence-corrected chi connectivity index (χ1v) is 8.57. The molecule has 126 valence electrons. The van der Waals surface area contributed by atoms with Crippen LogP contribution in [0.4, 0.5) is 5.69 Å². The first kappa shape index (κ1) is 15.6. The Morgan fingerprint density at radius 2 is 1.88 bits per heavy atom. The molecule has 0 atom stereocenters. The lowest BCUT2D eigenvalue weighted by molar-refractivity contribution is -0.118. The largest absolute Gasteiger partial charge is 0.312 e. The van der Waals surface area contributed by atoms with E-state index in [0.717, 1.165) is 30.6 Å². The molecule has 1 aliphatic heterocycles. The number of para-hydroxylation sites is 2. The highest BCUT2D eigenvalue weighted by atomic mass is 16.2. The molecule has 5 nitrogen and oxygen atoms in total. The third kappa shape index (κ3) is 2.93. The Balaban J connectivity index is 1.56. The Bertz CT molecular complexity index is 993. The standard InChI is InChI=1S/C20H19N3O2/c24-19-14-21-23(18-10-4-2-8-16(18)19)13-11-20(25)22-12-5-7-15-6-1-3-9-17(15)22/h1-4,6,8-10,14H,5,7,11-13H2. The van der Waals surface area contributed by atoms with Crippen molar-refractivity contribution in [1.82, 2.24) is 9.78 Å². The van der Waals surface area contributed by atoms with Gasteiger partial charge in [-0.2, -0.15) is 5.10 Å². The number of nitrogens with zero attached hydrogens (tertiary/aromatic N) is 3. The summed E-state index contributed by atoms with van der Waals surface area (Å²) in [6, 6.07) is 15.5. The molecule has 0 N–H and O–H groups in total. The Labute approximate surface area is 145 Å². The third-order valence-corrected chi connectivity index (χ3v) is 4.71. The van der Waals surface area contributed by atoms with E-state index in [1.165, 1.54) is 11.8 Å². The van der Waals surface area contributed by atoms with Crippen molar-refractivity contribution < 1.29 is 4.79 Å². The molecule has 2 heterocycles. The number of carbonyl (C=O) groups is 1. The molecule has 0 saturated carbocycles. The van der Waals surface area contributed by atoms with Gasteiger partial charge in [-0.15, -0.1) is 0 Å². The van der Waals surface area contributed by atoms with Crippen LogP contribution in [0.15, 0.2) is 59.5 Å². The molecule has 0 aliphatic carbocycles. The summed E-state index contributed by atoms with van der Waals surface area (Å²) in [6.07, 6.45) is 3.69. The summed E-state index contributed by atoms with van der Waals surface area (Å²) in [4.78, 5) is 26.5. The van der Waals surface area contributed by atoms with Gasteiger partial charge >= 0.3 is 0 Å². The van der Waals surface area contributed by atoms with Gasteiger partial charge in [0.2, 0.25) is 11.3 Å². The molecular formula is C20H19N3O2. The maximum absolute atomic E-state index is 12.8. The van der Waals surface area contributed by atoms with Crippen LogP contribution < -0.4 is 10.3 Å². The van der Waals surface area contributed by atoms with Gasteiger partial charge in [0.15, 0.2) is 0 Å². The van der Waals surface area contributed by atoms with Gasteiger partial charge in [-0.25, -0.2) is 0 Å². The van der Waals surface area contributed by atoms with Crippen molar-refractivity contribution in [2.24, 2.45) is 0 Å². The van der Waals surface area contributed by atoms with Gasteiger partial charge in [-0.05, 0) is 36.6 Å². The highest BCUT2D eigenvalue weighted by molar-refractivity contribution is 5.94. The second-order valence-electron chi connectivity index (χ2n) is 6.28. The number of amides is 1. The van der Waals surface area contributed by atoms with Crippen LogP contribution in [-0.4, -0.2) is 22.2 Å². The number of hydrogen-bond donors (Lipinski definition) is 0. The van der Waals surface area contributed by atoms with E-state index in [-0.39, 0.29) is 11.3 Å². The summed E-state index contributed by atoms with van der Waals surface area (Å²) in [5, 5.41) is 4.83. The summed E-state index contributed by atoms with van der Waals surface area (Å²) in [7, 11) is 0. The van der Waals surface area contributed by atoms with Crippen molar-refractivity contribution in [2.45, 2.75) is 25.8 Å². The molecule has 0 radical (unpaired) electrons.